The van der Waals surface area contributed by atoms with Gasteiger partial charge in [-0.05, 0) is 49.4 Å². The SMILES string of the molecule is CCCNCc1ccc(Cl)cc1Oc1ccc(OC)cc1. The Hall–Kier alpha value is -1.71. The molecule has 0 radical (unpaired) electrons. The van der Waals surface area contributed by atoms with Gasteiger partial charge in [0.15, 0.2) is 0 Å². The predicted molar refractivity (Wildman–Crippen MR) is 86.5 cm³/mol. The van der Waals surface area contributed by atoms with Gasteiger partial charge in [-0.2, -0.15) is 0 Å². The van der Waals surface area contributed by atoms with Crippen molar-refractivity contribution in [1.29, 1.82) is 0 Å². The van der Waals surface area contributed by atoms with Gasteiger partial charge in [0, 0.05) is 17.1 Å². The van der Waals surface area contributed by atoms with Crippen LogP contribution in [0.25, 0.3) is 0 Å². The van der Waals surface area contributed by atoms with Crippen molar-refractivity contribution < 1.29 is 9.47 Å². The van der Waals surface area contributed by atoms with Crippen LogP contribution in [0.2, 0.25) is 5.02 Å². The maximum absolute atomic E-state index is 6.07. The van der Waals surface area contributed by atoms with E-state index in [0.717, 1.165) is 42.3 Å². The maximum Gasteiger partial charge on any atom is 0.133 e. The molecular formula is C17H20ClNO2. The fraction of sp³-hybridized carbons (Fsp3) is 0.294. The summed E-state index contributed by atoms with van der Waals surface area (Å²) in [6.07, 6.45) is 1.10. The van der Waals surface area contributed by atoms with Crippen LogP contribution in [-0.4, -0.2) is 13.7 Å². The van der Waals surface area contributed by atoms with Crippen molar-refractivity contribution in [2.75, 3.05) is 13.7 Å². The molecule has 21 heavy (non-hydrogen) atoms. The Morgan fingerprint density at radius 2 is 1.76 bits per heavy atom. The summed E-state index contributed by atoms with van der Waals surface area (Å²) in [5.74, 6) is 2.34. The van der Waals surface area contributed by atoms with E-state index in [0.29, 0.717) is 5.02 Å². The van der Waals surface area contributed by atoms with Crippen LogP contribution in [0.4, 0.5) is 0 Å². The Morgan fingerprint density at radius 1 is 1.05 bits per heavy atom. The number of rotatable bonds is 7. The second-order valence-electron chi connectivity index (χ2n) is 4.71. The quantitative estimate of drug-likeness (QED) is 0.756. The Kier molecular flexibility index (Phi) is 5.90. The van der Waals surface area contributed by atoms with Crippen molar-refractivity contribution in [3.05, 3.63) is 53.1 Å². The van der Waals surface area contributed by atoms with E-state index < -0.39 is 0 Å². The van der Waals surface area contributed by atoms with Gasteiger partial charge in [-0.3, -0.25) is 0 Å². The summed E-state index contributed by atoms with van der Waals surface area (Å²) in [6.45, 7) is 3.88. The molecule has 0 unspecified atom stereocenters. The average Bonchev–Trinajstić information content (AvgIpc) is 2.50. The van der Waals surface area contributed by atoms with Gasteiger partial charge in [0.1, 0.15) is 17.2 Å². The van der Waals surface area contributed by atoms with Crippen molar-refractivity contribution in [3.63, 3.8) is 0 Å². The summed E-state index contributed by atoms with van der Waals surface area (Å²) >= 11 is 6.07. The molecule has 0 aliphatic heterocycles. The molecule has 0 spiro atoms. The van der Waals surface area contributed by atoms with Crippen molar-refractivity contribution >= 4 is 11.6 Å². The topological polar surface area (TPSA) is 30.5 Å². The normalized spacial score (nSPS) is 10.4. The Morgan fingerprint density at radius 3 is 2.43 bits per heavy atom. The average molecular weight is 306 g/mol. The second-order valence-corrected chi connectivity index (χ2v) is 5.14. The minimum Gasteiger partial charge on any atom is -0.497 e. The highest BCUT2D eigenvalue weighted by Gasteiger charge is 2.06. The molecule has 1 N–H and O–H groups in total. The van der Waals surface area contributed by atoms with E-state index in [9.17, 15) is 0 Å². The second kappa shape index (κ2) is 7.91. The summed E-state index contributed by atoms with van der Waals surface area (Å²) in [5, 5.41) is 4.04. The first kappa shape index (κ1) is 15.7. The zero-order valence-corrected chi connectivity index (χ0v) is 13.1. The fourth-order valence-electron chi connectivity index (χ4n) is 1.94. The Balaban J connectivity index is 2.14. The number of methoxy groups -OCH3 is 1. The molecule has 0 saturated carbocycles. The number of hydrogen-bond donors (Lipinski definition) is 1. The Bertz CT molecular complexity index is 570. The molecule has 112 valence electrons. The van der Waals surface area contributed by atoms with E-state index in [1.54, 1.807) is 7.11 Å². The van der Waals surface area contributed by atoms with E-state index >= 15 is 0 Å². The predicted octanol–water partition coefficient (Wildman–Crippen LogP) is 4.64. The van der Waals surface area contributed by atoms with E-state index in [2.05, 4.69) is 12.2 Å². The number of hydrogen-bond acceptors (Lipinski definition) is 3. The molecule has 0 aromatic heterocycles. The first-order chi connectivity index (χ1) is 10.2. The molecule has 0 bridgehead atoms. The van der Waals surface area contributed by atoms with Crippen molar-refractivity contribution in [3.8, 4) is 17.2 Å². The maximum atomic E-state index is 6.07. The van der Waals surface area contributed by atoms with Crippen molar-refractivity contribution in [2.24, 2.45) is 0 Å². The third-order valence-corrected chi connectivity index (χ3v) is 3.29. The van der Waals surface area contributed by atoms with E-state index in [4.69, 9.17) is 21.1 Å². The van der Waals surface area contributed by atoms with Crippen LogP contribution in [0.15, 0.2) is 42.5 Å². The van der Waals surface area contributed by atoms with E-state index in [-0.39, 0.29) is 0 Å². The molecule has 2 aromatic rings. The highest BCUT2D eigenvalue weighted by Crippen LogP contribution is 2.29. The first-order valence-electron chi connectivity index (χ1n) is 7.04. The van der Waals surface area contributed by atoms with E-state index in [1.807, 2.05) is 42.5 Å². The van der Waals surface area contributed by atoms with Crippen molar-refractivity contribution in [1.82, 2.24) is 5.32 Å². The largest absolute Gasteiger partial charge is 0.497 e. The van der Waals surface area contributed by atoms with Crippen LogP contribution < -0.4 is 14.8 Å². The first-order valence-corrected chi connectivity index (χ1v) is 7.41. The summed E-state index contributed by atoms with van der Waals surface area (Å²) in [6, 6.07) is 13.2. The third-order valence-electron chi connectivity index (χ3n) is 3.06. The summed E-state index contributed by atoms with van der Waals surface area (Å²) in [5.41, 5.74) is 1.09. The van der Waals surface area contributed by atoms with Crippen LogP contribution in [0, 0.1) is 0 Å². The van der Waals surface area contributed by atoms with Crippen LogP contribution in [0.1, 0.15) is 18.9 Å². The van der Waals surface area contributed by atoms with Gasteiger partial charge in [0.25, 0.3) is 0 Å². The summed E-state index contributed by atoms with van der Waals surface area (Å²) in [4.78, 5) is 0. The lowest BCUT2D eigenvalue weighted by Gasteiger charge is -2.12. The summed E-state index contributed by atoms with van der Waals surface area (Å²) in [7, 11) is 1.64. The van der Waals surface area contributed by atoms with Crippen LogP contribution in [0.3, 0.4) is 0 Å². The lowest BCUT2D eigenvalue weighted by atomic mass is 10.2. The number of benzene rings is 2. The van der Waals surface area contributed by atoms with Gasteiger partial charge >= 0.3 is 0 Å². The zero-order valence-electron chi connectivity index (χ0n) is 12.4. The summed E-state index contributed by atoms with van der Waals surface area (Å²) < 4.78 is 11.1. The smallest absolute Gasteiger partial charge is 0.133 e. The lowest BCUT2D eigenvalue weighted by Crippen LogP contribution is -2.14. The number of halogens is 1. The van der Waals surface area contributed by atoms with Crippen LogP contribution in [0.5, 0.6) is 17.2 Å². The molecule has 2 rings (SSSR count). The molecule has 0 aliphatic rings. The molecule has 0 heterocycles. The van der Waals surface area contributed by atoms with Gasteiger partial charge in [0.05, 0.1) is 7.11 Å². The van der Waals surface area contributed by atoms with Crippen molar-refractivity contribution in [2.45, 2.75) is 19.9 Å². The minimum absolute atomic E-state index is 0.665. The molecule has 2 aromatic carbocycles. The highest BCUT2D eigenvalue weighted by atomic mass is 35.5. The minimum atomic E-state index is 0.665. The standard InChI is InChI=1S/C17H20ClNO2/c1-3-10-19-12-13-4-5-14(18)11-17(13)21-16-8-6-15(20-2)7-9-16/h4-9,11,19H,3,10,12H2,1-2H3. The molecule has 0 aliphatic carbocycles. The molecule has 0 atom stereocenters. The number of ether oxygens (including phenoxy) is 2. The van der Waals surface area contributed by atoms with Crippen LogP contribution in [-0.2, 0) is 6.54 Å². The van der Waals surface area contributed by atoms with Gasteiger partial charge in [-0.15, -0.1) is 0 Å². The molecular weight excluding hydrogens is 286 g/mol. The molecule has 0 saturated heterocycles. The van der Waals surface area contributed by atoms with Gasteiger partial charge in [-0.25, -0.2) is 0 Å². The zero-order chi connectivity index (χ0) is 15.1. The lowest BCUT2D eigenvalue weighted by molar-refractivity contribution is 0.412. The van der Waals surface area contributed by atoms with E-state index in [1.165, 1.54) is 0 Å². The Labute approximate surface area is 130 Å². The van der Waals surface area contributed by atoms with Gasteiger partial charge in [0.2, 0.25) is 0 Å². The highest BCUT2D eigenvalue weighted by molar-refractivity contribution is 6.30. The number of nitrogens with one attached hydrogen (secondary N) is 1. The molecule has 0 amide bonds. The van der Waals surface area contributed by atoms with Gasteiger partial charge in [-0.1, -0.05) is 24.6 Å². The van der Waals surface area contributed by atoms with Gasteiger partial charge < -0.3 is 14.8 Å². The molecule has 4 heteroatoms. The molecule has 0 fully saturated rings. The van der Waals surface area contributed by atoms with Crippen LogP contribution >= 0.6 is 11.6 Å². The third kappa shape index (κ3) is 4.66. The monoisotopic (exact) mass is 305 g/mol. The molecule has 3 nitrogen and oxygen atoms in total. The fourth-order valence-corrected chi connectivity index (χ4v) is 2.10.